The van der Waals surface area contributed by atoms with E-state index < -0.39 is 16.0 Å². The first-order chi connectivity index (χ1) is 20.7. The van der Waals surface area contributed by atoms with E-state index in [1.165, 1.54) is 10.6 Å². The van der Waals surface area contributed by atoms with E-state index in [1.807, 2.05) is 36.4 Å². The Morgan fingerprint density at radius 1 is 1.12 bits per heavy atom. The van der Waals surface area contributed by atoms with Gasteiger partial charge in [0, 0.05) is 80.2 Å². The van der Waals surface area contributed by atoms with Gasteiger partial charge in [-0.2, -0.15) is 9.40 Å². The molecule has 1 fully saturated rings. The minimum atomic E-state index is -3.36. The highest BCUT2D eigenvalue weighted by molar-refractivity contribution is 7.88. The number of carboxylic acid groups (broad SMARTS) is 1. The summed E-state index contributed by atoms with van der Waals surface area (Å²) < 4.78 is 33.9. The van der Waals surface area contributed by atoms with Crippen LogP contribution in [0.1, 0.15) is 34.4 Å². The van der Waals surface area contributed by atoms with Gasteiger partial charge in [0.1, 0.15) is 0 Å². The third-order valence-corrected chi connectivity index (χ3v) is 9.21. The van der Waals surface area contributed by atoms with Gasteiger partial charge in [0.25, 0.3) is 0 Å². The molecule has 0 radical (unpaired) electrons. The van der Waals surface area contributed by atoms with Crippen LogP contribution in [0.3, 0.4) is 0 Å². The molecule has 12 heteroatoms. The largest absolute Gasteiger partial charge is 0.480 e. The summed E-state index contributed by atoms with van der Waals surface area (Å²) in [5.74, 6) is 5.44. The van der Waals surface area contributed by atoms with Crippen LogP contribution in [0.4, 0.5) is 0 Å². The molecule has 0 unspecified atom stereocenters. The number of halogens is 1. The van der Waals surface area contributed by atoms with E-state index in [0.29, 0.717) is 30.1 Å². The molecule has 5 rings (SSSR count). The normalized spacial score (nSPS) is 16.0. The van der Waals surface area contributed by atoms with Gasteiger partial charge in [-0.25, -0.2) is 8.42 Å². The van der Waals surface area contributed by atoms with Crippen LogP contribution in [0, 0.1) is 11.8 Å². The summed E-state index contributed by atoms with van der Waals surface area (Å²) in [7, 11) is -3.36. The number of aliphatic carboxylic acids is 1. The Bertz CT molecular complexity index is 1640. The molecule has 0 aliphatic carbocycles. The quantitative estimate of drug-likeness (QED) is 0.331. The summed E-state index contributed by atoms with van der Waals surface area (Å²) in [6.07, 6.45) is 2.79. The number of ether oxygens (including phenoxy) is 1. The number of morpholine rings is 1. The molecule has 0 spiro atoms. The van der Waals surface area contributed by atoms with Crippen molar-refractivity contribution in [2.45, 2.75) is 32.5 Å². The lowest BCUT2D eigenvalue weighted by atomic mass is 10.0. The number of aromatic nitrogens is 2. The van der Waals surface area contributed by atoms with Crippen LogP contribution in [-0.4, -0.2) is 90.7 Å². The van der Waals surface area contributed by atoms with Gasteiger partial charge in [-0.15, -0.1) is 0 Å². The van der Waals surface area contributed by atoms with Crippen LogP contribution in [0.15, 0.2) is 42.5 Å². The molecule has 10 nitrogen and oxygen atoms in total. The van der Waals surface area contributed by atoms with Crippen LogP contribution < -0.4 is 5.32 Å². The Balaban J connectivity index is 1.40. The molecule has 2 aliphatic heterocycles. The fraction of sp³-hybridized carbons (Fsp3) is 0.419. The minimum Gasteiger partial charge on any atom is -0.480 e. The second kappa shape index (κ2) is 14.0. The molecule has 0 amide bonds. The standard InChI is InChI=1S/C31H36ClN5O5S/c1-43(40,41)36-13-10-29-27(22-36)31(34-37(29)12-3-11-35-14-16-42-17-15-35)26-8-9-28(32)25(19-26)7-6-23-4-2-5-24(18-23)20-33-21-30(38)39/h2,4-5,8-9,18-19,33H,3,10-17,20-22H2,1H3,(H,38,39). The van der Waals surface area contributed by atoms with Crippen molar-refractivity contribution in [3.63, 3.8) is 0 Å². The zero-order chi connectivity index (χ0) is 30.4. The number of carbonyl (C=O) groups is 1. The average molecular weight is 626 g/mol. The maximum absolute atomic E-state index is 12.4. The molecular formula is C31H36ClN5O5S. The van der Waals surface area contributed by atoms with Gasteiger partial charge in [-0.1, -0.05) is 41.6 Å². The number of rotatable bonds is 10. The summed E-state index contributed by atoms with van der Waals surface area (Å²) in [4.78, 5) is 13.2. The predicted octanol–water partition coefficient (Wildman–Crippen LogP) is 2.82. The topological polar surface area (TPSA) is 117 Å². The Labute approximate surface area is 257 Å². The molecule has 0 atom stereocenters. The maximum atomic E-state index is 12.4. The van der Waals surface area contributed by atoms with Gasteiger partial charge >= 0.3 is 5.97 Å². The molecule has 3 aromatic rings. The fourth-order valence-corrected chi connectivity index (χ4v) is 6.37. The third kappa shape index (κ3) is 8.23. The van der Waals surface area contributed by atoms with Crippen LogP contribution in [0.2, 0.25) is 5.02 Å². The second-order valence-corrected chi connectivity index (χ2v) is 13.2. The Morgan fingerprint density at radius 2 is 1.93 bits per heavy atom. The molecule has 0 saturated carbocycles. The zero-order valence-electron chi connectivity index (χ0n) is 24.2. The van der Waals surface area contributed by atoms with Gasteiger partial charge in [-0.05, 0) is 36.2 Å². The second-order valence-electron chi connectivity index (χ2n) is 10.8. The molecule has 2 aromatic carbocycles. The van der Waals surface area contributed by atoms with Gasteiger partial charge in [0.2, 0.25) is 10.0 Å². The fourth-order valence-electron chi connectivity index (χ4n) is 5.42. The predicted molar refractivity (Wildman–Crippen MR) is 165 cm³/mol. The summed E-state index contributed by atoms with van der Waals surface area (Å²) in [6, 6.07) is 13.2. The molecule has 0 bridgehead atoms. The summed E-state index contributed by atoms with van der Waals surface area (Å²) in [5, 5.41) is 17.3. The molecule has 2 N–H and O–H groups in total. The number of hydrogen-bond donors (Lipinski definition) is 2. The first-order valence-electron chi connectivity index (χ1n) is 14.3. The molecule has 1 aromatic heterocycles. The van der Waals surface area contributed by atoms with Crippen molar-refractivity contribution in [1.29, 1.82) is 0 Å². The van der Waals surface area contributed by atoms with E-state index in [9.17, 15) is 13.2 Å². The summed E-state index contributed by atoms with van der Waals surface area (Å²) in [5.41, 5.74) is 5.93. The smallest absolute Gasteiger partial charge is 0.317 e. The van der Waals surface area contributed by atoms with E-state index in [4.69, 9.17) is 26.5 Å². The van der Waals surface area contributed by atoms with Crippen molar-refractivity contribution >= 4 is 27.6 Å². The summed E-state index contributed by atoms with van der Waals surface area (Å²) >= 11 is 6.56. The van der Waals surface area contributed by atoms with Crippen LogP contribution in [-0.2, 0) is 45.6 Å². The first kappa shape index (κ1) is 31.2. The number of benzene rings is 2. The van der Waals surface area contributed by atoms with Crippen molar-refractivity contribution in [2.24, 2.45) is 0 Å². The lowest BCUT2D eigenvalue weighted by molar-refractivity contribution is -0.136. The highest BCUT2D eigenvalue weighted by Gasteiger charge is 2.30. The van der Waals surface area contributed by atoms with Gasteiger partial charge < -0.3 is 15.2 Å². The third-order valence-electron chi connectivity index (χ3n) is 7.63. The molecule has 3 heterocycles. The van der Waals surface area contributed by atoms with Crippen molar-refractivity contribution in [2.75, 3.05) is 52.2 Å². The lowest BCUT2D eigenvalue weighted by Crippen LogP contribution is -2.37. The highest BCUT2D eigenvalue weighted by atomic mass is 35.5. The number of fused-ring (bicyclic) bond motifs is 1. The molecule has 228 valence electrons. The molecule has 43 heavy (non-hydrogen) atoms. The van der Waals surface area contributed by atoms with Crippen LogP contribution in [0.25, 0.3) is 11.3 Å². The average Bonchev–Trinajstić information content (AvgIpc) is 3.35. The minimum absolute atomic E-state index is 0.117. The van der Waals surface area contributed by atoms with Gasteiger partial charge in [0.15, 0.2) is 0 Å². The number of sulfonamides is 1. The highest BCUT2D eigenvalue weighted by Crippen LogP contribution is 2.33. The van der Waals surface area contributed by atoms with Gasteiger partial charge in [-0.3, -0.25) is 14.4 Å². The number of hydrogen-bond acceptors (Lipinski definition) is 7. The number of nitrogens with one attached hydrogen (secondary N) is 1. The summed E-state index contributed by atoms with van der Waals surface area (Å²) in [6.45, 7) is 6.12. The molecule has 1 saturated heterocycles. The van der Waals surface area contributed by atoms with Crippen molar-refractivity contribution in [3.05, 3.63) is 75.4 Å². The van der Waals surface area contributed by atoms with Crippen molar-refractivity contribution < 1.29 is 23.1 Å². The Kier molecular flexibility index (Phi) is 10.2. The van der Waals surface area contributed by atoms with Crippen LogP contribution in [0.5, 0.6) is 0 Å². The first-order valence-corrected chi connectivity index (χ1v) is 16.6. The Hall–Kier alpha value is -3.24. The van der Waals surface area contributed by atoms with Crippen LogP contribution >= 0.6 is 11.6 Å². The van der Waals surface area contributed by atoms with E-state index in [1.54, 1.807) is 6.07 Å². The molecular weight excluding hydrogens is 590 g/mol. The number of nitrogens with zero attached hydrogens (tertiary/aromatic N) is 4. The van der Waals surface area contributed by atoms with Gasteiger partial charge in [0.05, 0.1) is 36.7 Å². The number of aryl methyl sites for hydroxylation is 1. The monoisotopic (exact) mass is 625 g/mol. The van der Waals surface area contributed by atoms with E-state index in [-0.39, 0.29) is 13.1 Å². The zero-order valence-corrected chi connectivity index (χ0v) is 25.8. The Morgan fingerprint density at radius 3 is 2.70 bits per heavy atom. The molecule has 2 aliphatic rings. The van der Waals surface area contributed by atoms with Crippen molar-refractivity contribution in [1.82, 2.24) is 24.3 Å². The maximum Gasteiger partial charge on any atom is 0.317 e. The number of carboxylic acids is 1. The SMILES string of the molecule is CS(=O)(=O)N1CCc2c(c(-c3ccc(Cl)c(C#Cc4cccc(CNCC(=O)O)c4)c3)nn2CCCN2CCOCC2)C1. The van der Waals surface area contributed by atoms with E-state index in [2.05, 4.69) is 26.7 Å². The van der Waals surface area contributed by atoms with E-state index >= 15 is 0 Å². The van der Waals surface area contributed by atoms with E-state index in [0.717, 1.165) is 79.5 Å². The van der Waals surface area contributed by atoms with Crippen molar-refractivity contribution in [3.8, 4) is 23.1 Å². The lowest BCUT2D eigenvalue weighted by Gasteiger charge is -2.27.